The Morgan fingerprint density at radius 3 is 2.34 bits per heavy atom. The first-order chi connectivity index (χ1) is 16.9. The fourth-order valence-corrected chi connectivity index (χ4v) is 5.50. The molecular weight excluding hydrogens is 464 g/mol. The highest BCUT2D eigenvalue weighted by Gasteiger charge is 2.28. The van der Waals surface area contributed by atoms with Crippen LogP contribution in [0.1, 0.15) is 27.9 Å². The van der Waals surface area contributed by atoms with Crippen LogP contribution in [0.4, 0.5) is 0 Å². The summed E-state index contributed by atoms with van der Waals surface area (Å²) in [7, 11) is -2.06. The number of carbonyl (C=O) groups is 1. The average molecular weight is 495 g/mol. The first kappa shape index (κ1) is 24.8. The van der Waals surface area contributed by atoms with E-state index in [-0.39, 0.29) is 17.3 Å². The van der Waals surface area contributed by atoms with Crippen LogP contribution in [0, 0.1) is 6.92 Å². The van der Waals surface area contributed by atoms with E-state index >= 15 is 0 Å². The molecule has 0 spiro atoms. The van der Waals surface area contributed by atoms with Gasteiger partial charge < -0.3 is 14.4 Å². The maximum Gasteiger partial charge on any atom is 0.254 e. The summed E-state index contributed by atoms with van der Waals surface area (Å²) >= 11 is 0. The number of methoxy groups -OCH3 is 1. The Bertz CT molecular complexity index is 1260. The zero-order chi connectivity index (χ0) is 24.8. The monoisotopic (exact) mass is 494 g/mol. The average Bonchev–Trinajstić information content (AvgIpc) is 3.15. The number of aryl methyl sites for hydroxylation is 1. The Hall–Kier alpha value is -3.36. The maximum absolute atomic E-state index is 13.2. The van der Waals surface area contributed by atoms with Crippen LogP contribution in [0.15, 0.2) is 77.7 Å². The van der Waals surface area contributed by atoms with Crippen LogP contribution >= 0.6 is 0 Å². The Morgan fingerprint density at radius 2 is 1.63 bits per heavy atom. The lowest BCUT2D eigenvalue weighted by Gasteiger charge is -2.22. The molecule has 0 bridgehead atoms. The van der Waals surface area contributed by atoms with Gasteiger partial charge in [0.2, 0.25) is 10.0 Å². The summed E-state index contributed by atoms with van der Waals surface area (Å²) in [4.78, 5) is 15.2. The third-order valence-electron chi connectivity index (χ3n) is 6.05. The van der Waals surface area contributed by atoms with E-state index in [1.54, 1.807) is 54.5 Å². The van der Waals surface area contributed by atoms with Crippen molar-refractivity contribution in [1.82, 2.24) is 9.21 Å². The molecule has 0 saturated carbocycles. The number of rotatable bonds is 7. The highest BCUT2D eigenvalue weighted by Crippen LogP contribution is 2.29. The van der Waals surface area contributed by atoms with Gasteiger partial charge in [0.1, 0.15) is 6.61 Å². The fraction of sp³-hybridized carbons (Fsp3) is 0.296. The molecule has 184 valence electrons. The molecule has 0 radical (unpaired) electrons. The highest BCUT2D eigenvalue weighted by molar-refractivity contribution is 7.89. The van der Waals surface area contributed by atoms with Crippen molar-refractivity contribution in [1.29, 1.82) is 0 Å². The molecule has 1 aliphatic heterocycles. The number of hydrogen-bond donors (Lipinski definition) is 0. The van der Waals surface area contributed by atoms with Crippen molar-refractivity contribution in [3.63, 3.8) is 0 Å². The number of nitrogens with zero attached hydrogens (tertiary/aromatic N) is 2. The lowest BCUT2D eigenvalue weighted by atomic mass is 10.1. The topological polar surface area (TPSA) is 76.2 Å². The quantitative estimate of drug-likeness (QED) is 0.494. The van der Waals surface area contributed by atoms with E-state index in [0.717, 1.165) is 11.1 Å². The molecule has 3 aromatic carbocycles. The number of amides is 1. The van der Waals surface area contributed by atoms with Crippen LogP contribution in [0.25, 0.3) is 0 Å². The predicted octanol–water partition coefficient (Wildman–Crippen LogP) is 4.12. The molecule has 1 aliphatic rings. The van der Waals surface area contributed by atoms with Crippen molar-refractivity contribution >= 4 is 15.9 Å². The van der Waals surface area contributed by atoms with Gasteiger partial charge in [-0.3, -0.25) is 4.79 Å². The van der Waals surface area contributed by atoms with Crippen LogP contribution < -0.4 is 9.47 Å². The Morgan fingerprint density at radius 1 is 0.886 bits per heavy atom. The molecule has 0 atom stereocenters. The first-order valence-corrected chi connectivity index (χ1v) is 13.0. The highest BCUT2D eigenvalue weighted by atomic mass is 32.2. The van der Waals surface area contributed by atoms with Crippen LogP contribution in [0.5, 0.6) is 11.5 Å². The molecule has 8 heteroatoms. The van der Waals surface area contributed by atoms with Gasteiger partial charge in [-0.1, -0.05) is 48.0 Å². The van der Waals surface area contributed by atoms with Crippen molar-refractivity contribution in [3.8, 4) is 11.5 Å². The first-order valence-electron chi connectivity index (χ1n) is 11.6. The molecule has 1 saturated heterocycles. The molecule has 1 fully saturated rings. The third-order valence-corrected chi connectivity index (χ3v) is 7.96. The van der Waals surface area contributed by atoms with Crippen LogP contribution in [-0.2, 0) is 16.6 Å². The van der Waals surface area contributed by atoms with E-state index in [9.17, 15) is 13.2 Å². The van der Waals surface area contributed by atoms with Gasteiger partial charge in [-0.25, -0.2) is 8.42 Å². The maximum atomic E-state index is 13.2. The minimum atomic E-state index is -3.60. The molecule has 1 heterocycles. The van der Waals surface area contributed by atoms with Crippen LogP contribution in [0.3, 0.4) is 0 Å². The molecule has 35 heavy (non-hydrogen) atoms. The zero-order valence-corrected chi connectivity index (χ0v) is 20.8. The van der Waals surface area contributed by atoms with E-state index in [1.165, 1.54) is 4.31 Å². The normalized spacial score (nSPS) is 14.9. The van der Waals surface area contributed by atoms with Gasteiger partial charge in [-0.05, 0) is 49.2 Å². The summed E-state index contributed by atoms with van der Waals surface area (Å²) in [5.74, 6) is 0.872. The van der Waals surface area contributed by atoms with Crippen LogP contribution in [-0.4, -0.2) is 56.8 Å². The van der Waals surface area contributed by atoms with Gasteiger partial charge in [0.05, 0.1) is 12.0 Å². The second-order valence-electron chi connectivity index (χ2n) is 8.50. The number of hydrogen-bond acceptors (Lipinski definition) is 5. The molecule has 0 aliphatic carbocycles. The van der Waals surface area contributed by atoms with Gasteiger partial charge in [0.25, 0.3) is 5.91 Å². The summed E-state index contributed by atoms with van der Waals surface area (Å²) in [5.41, 5.74) is 2.51. The largest absolute Gasteiger partial charge is 0.493 e. The number of benzene rings is 3. The number of ether oxygens (including phenoxy) is 2. The summed E-state index contributed by atoms with van der Waals surface area (Å²) in [5, 5.41) is 0. The zero-order valence-electron chi connectivity index (χ0n) is 20.0. The SMILES string of the molecule is COc1cc(C(=O)N2CCCN(S(=O)(=O)c3ccc(C)cc3)CC2)ccc1OCc1ccccc1. The predicted molar refractivity (Wildman–Crippen MR) is 134 cm³/mol. The van der Waals surface area contributed by atoms with Gasteiger partial charge in [0.15, 0.2) is 11.5 Å². The minimum absolute atomic E-state index is 0.160. The second-order valence-corrected chi connectivity index (χ2v) is 10.4. The standard InChI is InChI=1S/C27H30N2O5S/c1-21-9-12-24(13-10-21)35(31,32)29-16-6-15-28(17-18-29)27(30)23-11-14-25(26(19-23)33-2)34-20-22-7-4-3-5-8-22/h3-5,7-14,19H,6,15-18,20H2,1-2H3. The van der Waals surface area contributed by atoms with E-state index in [2.05, 4.69) is 0 Å². The minimum Gasteiger partial charge on any atom is -0.493 e. The molecule has 4 rings (SSSR count). The Kier molecular flexibility index (Phi) is 7.73. The van der Waals surface area contributed by atoms with Gasteiger partial charge in [-0.15, -0.1) is 0 Å². The second kappa shape index (κ2) is 10.9. The molecule has 1 amide bonds. The lowest BCUT2D eigenvalue weighted by Crippen LogP contribution is -2.37. The molecule has 3 aromatic rings. The Balaban J connectivity index is 1.43. The van der Waals surface area contributed by atoms with E-state index in [4.69, 9.17) is 9.47 Å². The molecular formula is C27H30N2O5S. The fourth-order valence-electron chi connectivity index (χ4n) is 4.03. The summed E-state index contributed by atoms with van der Waals surface area (Å²) < 4.78 is 39.0. The van der Waals surface area contributed by atoms with Gasteiger partial charge >= 0.3 is 0 Å². The van der Waals surface area contributed by atoms with E-state index < -0.39 is 10.0 Å². The number of carbonyl (C=O) groups excluding carboxylic acids is 1. The Labute approximate surface area is 206 Å². The van der Waals surface area contributed by atoms with E-state index in [1.807, 2.05) is 37.3 Å². The van der Waals surface area contributed by atoms with Crippen molar-refractivity contribution < 1.29 is 22.7 Å². The van der Waals surface area contributed by atoms with Crippen molar-refractivity contribution in [2.45, 2.75) is 24.8 Å². The summed E-state index contributed by atoms with van der Waals surface area (Å²) in [6.07, 6.45) is 0.562. The lowest BCUT2D eigenvalue weighted by molar-refractivity contribution is 0.0763. The van der Waals surface area contributed by atoms with E-state index in [0.29, 0.717) is 49.7 Å². The van der Waals surface area contributed by atoms with Crippen molar-refractivity contribution in [2.24, 2.45) is 0 Å². The smallest absolute Gasteiger partial charge is 0.254 e. The molecule has 0 N–H and O–H groups in total. The number of sulfonamides is 1. The molecule has 0 unspecified atom stereocenters. The van der Waals surface area contributed by atoms with Crippen molar-refractivity contribution in [2.75, 3.05) is 33.3 Å². The molecule has 7 nitrogen and oxygen atoms in total. The van der Waals surface area contributed by atoms with Crippen molar-refractivity contribution in [3.05, 3.63) is 89.5 Å². The summed E-state index contributed by atoms with van der Waals surface area (Å²) in [6.45, 7) is 3.73. The van der Waals surface area contributed by atoms with Gasteiger partial charge in [0, 0.05) is 31.7 Å². The van der Waals surface area contributed by atoms with Gasteiger partial charge in [-0.2, -0.15) is 4.31 Å². The van der Waals surface area contributed by atoms with Crippen LogP contribution in [0.2, 0.25) is 0 Å². The summed E-state index contributed by atoms with van der Waals surface area (Å²) in [6, 6.07) is 21.8. The molecule has 0 aromatic heterocycles. The third kappa shape index (κ3) is 5.83.